The molecule has 0 bridgehead atoms. The Balaban J connectivity index is 1.63. The summed E-state index contributed by atoms with van der Waals surface area (Å²) in [6.45, 7) is 6.79. The molecule has 1 saturated heterocycles. The monoisotopic (exact) mass is 317 g/mol. The van der Waals surface area contributed by atoms with E-state index in [9.17, 15) is 9.59 Å². The third-order valence-electron chi connectivity index (χ3n) is 4.01. The molecule has 1 atom stereocenters. The summed E-state index contributed by atoms with van der Waals surface area (Å²) in [4.78, 5) is 30.1. The summed E-state index contributed by atoms with van der Waals surface area (Å²) in [5.74, 6) is -0.188. The second kappa shape index (κ2) is 5.96. The van der Waals surface area contributed by atoms with E-state index < -0.39 is 0 Å². The Hall–Kier alpha value is -2.08. The van der Waals surface area contributed by atoms with E-state index in [-0.39, 0.29) is 17.9 Å². The van der Waals surface area contributed by atoms with Crippen molar-refractivity contribution >= 4 is 33.4 Å². The lowest BCUT2D eigenvalue weighted by Gasteiger charge is -2.23. The summed E-state index contributed by atoms with van der Waals surface area (Å²) in [7, 11) is 0. The van der Waals surface area contributed by atoms with Crippen LogP contribution in [0, 0.1) is 6.92 Å². The van der Waals surface area contributed by atoms with E-state index in [1.54, 1.807) is 16.2 Å². The Labute approximate surface area is 133 Å². The van der Waals surface area contributed by atoms with Gasteiger partial charge >= 0.3 is 0 Å². The summed E-state index contributed by atoms with van der Waals surface area (Å²) in [5, 5.41) is 2.92. The fourth-order valence-electron chi connectivity index (χ4n) is 2.93. The molecule has 1 fully saturated rings. The van der Waals surface area contributed by atoms with E-state index in [4.69, 9.17) is 0 Å². The zero-order valence-corrected chi connectivity index (χ0v) is 13.3. The molecule has 2 aromatic rings. The van der Waals surface area contributed by atoms with Gasteiger partial charge in [0, 0.05) is 24.0 Å². The maximum absolute atomic E-state index is 12.2. The molecule has 2 amide bonds. The van der Waals surface area contributed by atoms with Crippen LogP contribution in [0.3, 0.4) is 0 Å². The number of hydrogen-bond donors (Lipinski definition) is 2. The summed E-state index contributed by atoms with van der Waals surface area (Å²) >= 11 is 1.67. The second-order valence-corrected chi connectivity index (χ2v) is 6.85. The van der Waals surface area contributed by atoms with Gasteiger partial charge in [-0.3, -0.25) is 9.59 Å². The van der Waals surface area contributed by atoms with Crippen molar-refractivity contribution in [3.05, 3.63) is 35.4 Å². The largest absolute Gasteiger partial charge is 0.350 e. The Morgan fingerprint density at radius 3 is 3.09 bits per heavy atom. The molecule has 0 saturated carbocycles. The summed E-state index contributed by atoms with van der Waals surface area (Å²) in [6, 6.07) is 3.98. The number of nitrogens with zero attached hydrogens (tertiary/aromatic N) is 1. The molecule has 0 aliphatic carbocycles. The number of carbonyl (C=O) groups is 2. The molecule has 22 heavy (non-hydrogen) atoms. The minimum Gasteiger partial charge on any atom is -0.350 e. The highest BCUT2D eigenvalue weighted by Crippen LogP contribution is 2.25. The van der Waals surface area contributed by atoms with Crippen LogP contribution in [0.2, 0.25) is 0 Å². The minimum atomic E-state index is -0.126. The van der Waals surface area contributed by atoms with Crippen LogP contribution in [0.25, 0.3) is 10.2 Å². The minimum absolute atomic E-state index is 0.0624. The fourth-order valence-corrected chi connectivity index (χ4v) is 3.85. The molecular formula is C16H19N3O2S. The van der Waals surface area contributed by atoms with Crippen LogP contribution < -0.4 is 5.32 Å². The fraction of sp³-hybridized carbons (Fsp3) is 0.375. The number of aromatic nitrogens is 1. The molecule has 2 aromatic heterocycles. The van der Waals surface area contributed by atoms with E-state index in [2.05, 4.69) is 16.9 Å². The lowest BCUT2D eigenvalue weighted by molar-refractivity contribution is -0.126. The number of likely N-dealkylation sites (tertiary alicyclic amines) is 1. The number of amides is 2. The van der Waals surface area contributed by atoms with Crippen molar-refractivity contribution in [3.63, 3.8) is 0 Å². The van der Waals surface area contributed by atoms with E-state index in [0.717, 1.165) is 29.6 Å². The van der Waals surface area contributed by atoms with Crippen LogP contribution in [0.15, 0.2) is 24.8 Å². The third-order valence-corrected chi connectivity index (χ3v) is 5.00. The van der Waals surface area contributed by atoms with Crippen molar-refractivity contribution in [2.45, 2.75) is 25.8 Å². The summed E-state index contributed by atoms with van der Waals surface area (Å²) in [5.41, 5.74) is 1.57. The highest BCUT2D eigenvalue weighted by molar-refractivity contribution is 7.19. The molecule has 1 aliphatic heterocycles. The van der Waals surface area contributed by atoms with Gasteiger partial charge in [0.15, 0.2) is 0 Å². The molecule has 5 nitrogen and oxygen atoms in total. The number of carbonyl (C=O) groups excluding carboxylic acids is 2. The van der Waals surface area contributed by atoms with Gasteiger partial charge in [-0.05, 0) is 38.0 Å². The molecule has 0 spiro atoms. The van der Waals surface area contributed by atoms with Crippen LogP contribution in [-0.4, -0.2) is 40.8 Å². The van der Waals surface area contributed by atoms with Crippen molar-refractivity contribution in [1.82, 2.24) is 15.2 Å². The SMILES string of the molecule is C=CC(=O)N1CCCC1CNC(=O)c1cc2sc(C)cc2[nH]1. The normalized spacial score (nSPS) is 17.9. The van der Waals surface area contributed by atoms with Crippen LogP contribution in [-0.2, 0) is 4.79 Å². The van der Waals surface area contributed by atoms with Crippen molar-refractivity contribution in [1.29, 1.82) is 0 Å². The first-order valence-electron chi connectivity index (χ1n) is 7.39. The Kier molecular flexibility index (Phi) is 4.02. The first kappa shape index (κ1) is 14.8. The van der Waals surface area contributed by atoms with Gasteiger partial charge in [0.2, 0.25) is 5.91 Å². The number of nitrogens with one attached hydrogen (secondary N) is 2. The first-order valence-corrected chi connectivity index (χ1v) is 8.20. The van der Waals surface area contributed by atoms with Crippen LogP contribution in [0.1, 0.15) is 28.2 Å². The molecular weight excluding hydrogens is 298 g/mol. The number of aromatic amines is 1. The number of hydrogen-bond acceptors (Lipinski definition) is 3. The lowest BCUT2D eigenvalue weighted by atomic mass is 10.2. The lowest BCUT2D eigenvalue weighted by Crippen LogP contribution is -2.42. The number of fused-ring (bicyclic) bond motifs is 1. The van der Waals surface area contributed by atoms with Gasteiger partial charge < -0.3 is 15.2 Å². The Bertz CT molecular complexity index is 699. The topological polar surface area (TPSA) is 65.2 Å². The van der Waals surface area contributed by atoms with Crippen LogP contribution in [0.5, 0.6) is 0 Å². The smallest absolute Gasteiger partial charge is 0.267 e. The highest BCUT2D eigenvalue weighted by Gasteiger charge is 2.27. The number of aryl methyl sites for hydroxylation is 1. The molecule has 0 radical (unpaired) electrons. The van der Waals surface area contributed by atoms with E-state index in [0.29, 0.717) is 12.2 Å². The second-order valence-electron chi connectivity index (χ2n) is 5.56. The molecule has 116 valence electrons. The van der Waals surface area contributed by atoms with E-state index in [1.807, 2.05) is 19.1 Å². The zero-order valence-electron chi connectivity index (χ0n) is 12.5. The average Bonchev–Trinajstić information content (AvgIpc) is 3.17. The molecule has 2 N–H and O–H groups in total. The Morgan fingerprint density at radius 1 is 1.55 bits per heavy atom. The average molecular weight is 317 g/mol. The predicted octanol–water partition coefficient (Wildman–Crippen LogP) is 2.44. The number of thiophene rings is 1. The maximum atomic E-state index is 12.2. The highest BCUT2D eigenvalue weighted by atomic mass is 32.1. The van der Waals surface area contributed by atoms with E-state index in [1.165, 1.54) is 11.0 Å². The van der Waals surface area contributed by atoms with Gasteiger partial charge in [-0.25, -0.2) is 0 Å². The quantitative estimate of drug-likeness (QED) is 0.851. The predicted molar refractivity (Wildman–Crippen MR) is 88.2 cm³/mol. The zero-order chi connectivity index (χ0) is 15.7. The summed E-state index contributed by atoms with van der Waals surface area (Å²) < 4.78 is 1.09. The van der Waals surface area contributed by atoms with Crippen molar-refractivity contribution in [2.24, 2.45) is 0 Å². The first-order chi connectivity index (χ1) is 10.6. The van der Waals surface area contributed by atoms with Crippen molar-refractivity contribution in [3.8, 4) is 0 Å². The Morgan fingerprint density at radius 2 is 2.36 bits per heavy atom. The third kappa shape index (κ3) is 2.78. The van der Waals surface area contributed by atoms with Crippen LogP contribution in [0.4, 0.5) is 0 Å². The molecule has 0 aromatic carbocycles. The molecule has 3 heterocycles. The standard InChI is InChI=1S/C16H19N3O2S/c1-3-15(20)19-6-4-5-11(19)9-17-16(21)13-8-14-12(18-13)7-10(2)22-14/h3,7-8,11,18H,1,4-6,9H2,2H3,(H,17,21). The molecule has 3 rings (SSSR count). The van der Waals surface area contributed by atoms with Crippen LogP contribution >= 0.6 is 11.3 Å². The van der Waals surface area contributed by atoms with Gasteiger partial charge in [-0.15, -0.1) is 11.3 Å². The van der Waals surface area contributed by atoms with Gasteiger partial charge in [-0.2, -0.15) is 0 Å². The van der Waals surface area contributed by atoms with Gasteiger partial charge in [0.1, 0.15) is 5.69 Å². The van der Waals surface area contributed by atoms with Gasteiger partial charge in [0.25, 0.3) is 5.91 Å². The number of H-pyrrole nitrogens is 1. The van der Waals surface area contributed by atoms with Gasteiger partial charge in [0.05, 0.1) is 10.2 Å². The molecule has 1 aliphatic rings. The molecule has 1 unspecified atom stereocenters. The number of rotatable bonds is 4. The van der Waals surface area contributed by atoms with Gasteiger partial charge in [-0.1, -0.05) is 6.58 Å². The van der Waals surface area contributed by atoms with E-state index >= 15 is 0 Å². The maximum Gasteiger partial charge on any atom is 0.267 e. The summed E-state index contributed by atoms with van der Waals surface area (Å²) in [6.07, 6.45) is 3.22. The molecule has 6 heteroatoms. The van der Waals surface area contributed by atoms with Crippen molar-refractivity contribution < 1.29 is 9.59 Å². The van der Waals surface area contributed by atoms with Crippen molar-refractivity contribution in [2.75, 3.05) is 13.1 Å².